The summed E-state index contributed by atoms with van der Waals surface area (Å²) in [5.41, 5.74) is 3.66. The van der Waals surface area contributed by atoms with Gasteiger partial charge in [0.25, 0.3) is 5.91 Å². The largest absolute Gasteiger partial charge is 0.479 e. The van der Waals surface area contributed by atoms with Crippen LogP contribution >= 0.6 is 11.6 Å². The number of carbonyl (C=O) groups excluding carboxylic acids is 1. The molecule has 3 N–H and O–H groups in total. The normalized spacial score (nSPS) is 23.6. The number of pyridine rings is 1. The minimum Gasteiger partial charge on any atom is -0.479 e. The number of hydrogen-bond acceptors (Lipinski definition) is 4. The Hall–Kier alpha value is -2.57. The monoisotopic (exact) mass is 410 g/mol. The number of rotatable bonds is 3. The molecule has 1 amide bonds. The molecule has 7 heteroatoms. The fraction of sp³-hybridized carbons (Fsp3) is 0.364. The Morgan fingerprint density at radius 3 is 3.07 bits per heavy atom. The number of carbonyl (C=O) groups is 1. The second-order valence-corrected chi connectivity index (χ2v) is 8.37. The van der Waals surface area contributed by atoms with Crippen molar-refractivity contribution in [3.05, 3.63) is 47.2 Å². The lowest BCUT2D eigenvalue weighted by Gasteiger charge is -2.29. The summed E-state index contributed by atoms with van der Waals surface area (Å²) in [4.78, 5) is 20.4. The summed E-state index contributed by atoms with van der Waals surface area (Å²) in [5.74, 6) is 0.686. The van der Waals surface area contributed by atoms with Gasteiger partial charge in [-0.2, -0.15) is 0 Å². The topological polar surface area (TPSA) is 79.0 Å². The summed E-state index contributed by atoms with van der Waals surface area (Å²) in [7, 11) is 0. The van der Waals surface area contributed by atoms with Crippen LogP contribution in [0.3, 0.4) is 0 Å². The molecule has 0 radical (unpaired) electrons. The second-order valence-electron chi connectivity index (χ2n) is 7.94. The average molecular weight is 411 g/mol. The van der Waals surface area contributed by atoms with Gasteiger partial charge >= 0.3 is 0 Å². The lowest BCUT2D eigenvalue weighted by atomic mass is 9.98. The Morgan fingerprint density at radius 2 is 2.21 bits per heavy atom. The van der Waals surface area contributed by atoms with Crippen LogP contribution in [-0.4, -0.2) is 40.6 Å². The zero-order valence-corrected chi connectivity index (χ0v) is 16.9. The number of nitrogens with one attached hydrogen (secondary N) is 3. The molecule has 2 aliphatic heterocycles. The van der Waals surface area contributed by atoms with Gasteiger partial charge in [0, 0.05) is 52.4 Å². The molecule has 3 aromatic rings. The molecule has 1 saturated heterocycles. The van der Waals surface area contributed by atoms with Crippen LogP contribution < -0.4 is 15.4 Å². The fourth-order valence-corrected chi connectivity index (χ4v) is 4.66. The Morgan fingerprint density at radius 1 is 1.31 bits per heavy atom. The highest BCUT2D eigenvalue weighted by Crippen LogP contribution is 2.43. The molecule has 4 heterocycles. The van der Waals surface area contributed by atoms with Crippen molar-refractivity contribution in [3.8, 4) is 16.9 Å². The zero-order chi connectivity index (χ0) is 20.0. The minimum atomic E-state index is -0.532. The predicted octanol–water partition coefficient (Wildman–Crippen LogP) is 3.44. The molecule has 0 spiro atoms. The molecule has 0 unspecified atom stereocenters. The first kappa shape index (κ1) is 18.5. The maximum Gasteiger partial charge on any atom is 0.261 e. The first-order chi connectivity index (χ1) is 14.1. The van der Waals surface area contributed by atoms with E-state index in [1.807, 2.05) is 30.5 Å². The highest BCUT2D eigenvalue weighted by molar-refractivity contribution is 6.31. The van der Waals surface area contributed by atoms with Gasteiger partial charge in [-0.25, -0.2) is 4.98 Å². The summed E-state index contributed by atoms with van der Waals surface area (Å²) in [6.45, 7) is 3.07. The van der Waals surface area contributed by atoms with Crippen molar-refractivity contribution >= 4 is 28.5 Å². The SMILES string of the molecule is C[C@@H]1C[C@H](NC(=O)[C@H]2Cc3cc(Cl)cc(-c4ccnc5[nH]ccc45)c3O2)CCN1. The van der Waals surface area contributed by atoms with Gasteiger partial charge in [0.2, 0.25) is 0 Å². The van der Waals surface area contributed by atoms with Crippen molar-refractivity contribution in [2.45, 2.75) is 44.4 Å². The van der Waals surface area contributed by atoms with E-state index >= 15 is 0 Å². The van der Waals surface area contributed by atoms with E-state index in [4.69, 9.17) is 16.3 Å². The lowest BCUT2D eigenvalue weighted by Crippen LogP contribution is -2.49. The number of nitrogens with zero attached hydrogens (tertiary/aromatic N) is 1. The van der Waals surface area contributed by atoms with Crippen LogP contribution in [0.1, 0.15) is 25.3 Å². The van der Waals surface area contributed by atoms with Crippen molar-refractivity contribution in [1.82, 2.24) is 20.6 Å². The molecule has 3 atom stereocenters. The third-order valence-electron chi connectivity index (χ3n) is 5.81. The van der Waals surface area contributed by atoms with Gasteiger partial charge < -0.3 is 20.4 Å². The molecule has 1 fully saturated rings. The van der Waals surface area contributed by atoms with Crippen LogP contribution in [0.4, 0.5) is 0 Å². The molecule has 2 aliphatic rings. The van der Waals surface area contributed by atoms with Gasteiger partial charge in [-0.1, -0.05) is 11.6 Å². The van der Waals surface area contributed by atoms with Crippen molar-refractivity contribution in [2.24, 2.45) is 0 Å². The van der Waals surface area contributed by atoms with E-state index in [9.17, 15) is 4.79 Å². The number of aromatic amines is 1. The number of benzene rings is 1. The summed E-state index contributed by atoms with van der Waals surface area (Å²) in [6, 6.07) is 8.34. The molecule has 150 valence electrons. The van der Waals surface area contributed by atoms with Crippen LogP contribution in [0, 0.1) is 0 Å². The van der Waals surface area contributed by atoms with Crippen molar-refractivity contribution in [1.29, 1.82) is 0 Å². The smallest absolute Gasteiger partial charge is 0.261 e. The van der Waals surface area contributed by atoms with Gasteiger partial charge in [0.05, 0.1) is 0 Å². The quantitative estimate of drug-likeness (QED) is 0.618. The molecular formula is C22H23ClN4O2. The van der Waals surface area contributed by atoms with Crippen LogP contribution in [0.5, 0.6) is 5.75 Å². The van der Waals surface area contributed by atoms with Crippen LogP contribution in [0.2, 0.25) is 5.02 Å². The molecule has 0 bridgehead atoms. The molecule has 6 nitrogen and oxygen atoms in total. The fourth-order valence-electron chi connectivity index (χ4n) is 4.42. The lowest BCUT2D eigenvalue weighted by molar-refractivity contribution is -0.128. The number of ether oxygens (including phenoxy) is 1. The highest BCUT2D eigenvalue weighted by atomic mass is 35.5. The Kier molecular flexibility index (Phi) is 4.68. The first-order valence-corrected chi connectivity index (χ1v) is 10.4. The van der Waals surface area contributed by atoms with E-state index in [1.54, 1.807) is 6.20 Å². The number of fused-ring (bicyclic) bond motifs is 2. The summed E-state index contributed by atoms with van der Waals surface area (Å²) < 4.78 is 6.19. The summed E-state index contributed by atoms with van der Waals surface area (Å²) in [6.07, 6.45) is 5.50. The number of amides is 1. The minimum absolute atomic E-state index is 0.0520. The van der Waals surface area contributed by atoms with Gasteiger partial charge in [0.1, 0.15) is 11.4 Å². The van der Waals surface area contributed by atoms with Crippen molar-refractivity contribution < 1.29 is 9.53 Å². The van der Waals surface area contributed by atoms with E-state index in [0.717, 1.165) is 52.9 Å². The third kappa shape index (κ3) is 3.47. The van der Waals surface area contributed by atoms with Crippen LogP contribution in [0.25, 0.3) is 22.2 Å². The Balaban J connectivity index is 1.43. The molecule has 0 aliphatic carbocycles. The molecule has 1 aromatic carbocycles. The van der Waals surface area contributed by atoms with Crippen molar-refractivity contribution in [3.63, 3.8) is 0 Å². The van der Waals surface area contributed by atoms with Gasteiger partial charge in [-0.05, 0) is 56.1 Å². The number of aromatic nitrogens is 2. The first-order valence-electron chi connectivity index (χ1n) is 10.0. The number of halogens is 1. The number of hydrogen-bond donors (Lipinski definition) is 3. The summed E-state index contributed by atoms with van der Waals surface area (Å²) >= 11 is 6.42. The predicted molar refractivity (Wildman–Crippen MR) is 113 cm³/mol. The second kappa shape index (κ2) is 7.35. The Bertz CT molecular complexity index is 1080. The van der Waals surface area contributed by atoms with E-state index < -0.39 is 6.10 Å². The molecule has 0 saturated carbocycles. The maximum atomic E-state index is 12.9. The van der Waals surface area contributed by atoms with Gasteiger partial charge in [0.15, 0.2) is 6.10 Å². The molecule has 5 rings (SSSR count). The molecular weight excluding hydrogens is 388 g/mol. The number of H-pyrrole nitrogens is 1. The van der Waals surface area contributed by atoms with Crippen molar-refractivity contribution in [2.75, 3.05) is 6.54 Å². The van der Waals surface area contributed by atoms with E-state index in [-0.39, 0.29) is 11.9 Å². The van der Waals surface area contributed by atoms with Crippen LogP contribution in [0.15, 0.2) is 36.7 Å². The Labute approximate surface area is 174 Å². The van der Waals surface area contributed by atoms with E-state index in [1.165, 1.54) is 0 Å². The standard InChI is InChI=1S/C22H23ClN4O2/c1-12-8-15(2-5-24-12)27-22(28)19-10-13-9-14(23)11-18(20(13)29-19)16-3-6-25-21-17(16)4-7-26-21/h3-4,6-7,9,11-12,15,19,24H,2,5,8,10H2,1H3,(H,25,26)(H,27,28)/t12-,15-,19-/m1/s1. The zero-order valence-electron chi connectivity index (χ0n) is 16.2. The van der Waals surface area contributed by atoms with Gasteiger partial charge in [-0.3, -0.25) is 4.79 Å². The van der Waals surface area contributed by atoms with Gasteiger partial charge in [-0.15, -0.1) is 0 Å². The summed E-state index contributed by atoms with van der Waals surface area (Å²) in [5, 5.41) is 8.21. The number of piperidine rings is 1. The highest BCUT2D eigenvalue weighted by Gasteiger charge is 2.33. The average Bonchev–Trinajstić information content (AvgIpc) is 3.34. The van der Waals surface area contributed by atoms with Crippen LogP contribution in [-0.2, 0) is 11.2 Å². The van der Waals surface area contributed by atoms with E-state index in [0.29, 0.717) is 17.5 Å². The maximum absolute atomic E-state index is 12.9. The molecule has 29 heavy (non-hydrogen) atoms. The third-order valence-corrected chi connectivity index (χ3v) is 6.03. The molecule has 2 aromatic heterocycles. The van der Waals surface area contributed by atoms with E-state index in [2.05, 4.69) is 27.5 Å².